The quantitative estimate of drug-likeness (QED) is 0.653. The monoisotopic (exact) mass is 414 g/mol. The van der Waals surface area contributed by atoms with Crippen LogP contribution in [0, 0.1) is 0 Å². The number of carbonyl (C=O) groups is 1. The van der Waals surface area contributed by atoms with E-state index >= 15 is 0 Å². The SMILES string of the molecule is C=CCOc1ccc(CN(C)C(=O)c2ccc3c(c2)CC(C)N3S(C)(=O)=O)cc1. The summed E-state index contributed by atoms with van der Waals surface area (Å²) >= 11 is 0. The fraction of sp³-hybridized carbons (Fsp3) is 0.318. The maximum atomic E-state index is 12.9. The molecular weight excluding hydrogens is 388 g/mol. The van der Waals surface area contributed by atoms with E-state index < -0.39 is 10.0 Å². The van der Waals surface area contributed by atoms with Gasteiger partial charge in [0.15, 0.2) is 0 Å². The van der Waals surface area contributed by atoms with Crippen molar-refractivity contribution in [2.75, 3.05) is 24.2 Å². The second-order valence-electron chi connectivity index (χ2n) is 7.36. The highest BCUT2D eigenvalue weighted by molar-refractivity contribution is 7.92. The lowest BCUT2D eigenvalue weighted by molar-refractivity contribution is 0.0785. The number of benzene rings is 2. The normalized spacial score (nSPS) is 15.7. The van der Waals surface area contributed by atoms with Crippen LogP contribution in [0.2, 0.25) is 0 Å². The first-order chi connectivity index (χ1) is 13.7. The van der Waals surface area contributed by atoms with Gasteiger partial charge in [0.2, 0.25) is 10.0 Å². The van der Waals surface area contributed by atoms with E-state index in [1.54, 1.807) is 30.2 Å². The lowest BCUT2D eigenvalue weighted by Gasteiger charge is -2.22. The maximum Gasteiger partial charge on any atom is 0.253 e. The number of carbonyl (C=O) groups excluding carboxylic acids is 1. The van der Waals surface area contributed by atoms with Crippen LogP contribution in [0.3, 0.4) is 0 Å². The molecule has 2 aromatic carbocycles. The average molecular weight is 415 g/mol. The van der Waals surface area contributed by atoms with Gasteiger partial charge in [-0.15, -0.1) is 0 Å². The van der Waals surface area contributed by atoms with Gasteiger partial charge in [0, 0.05) is 25.2 Å². The summed E-state index contributed by atoms with van der Waals surface area (Å²) in [5.41, 5.74) is 3.09. The Morgan fingerprint density at radius 3 is 2.59 bits per heavy atom. The van der Waals surface area contributed by atoms with Crippen LogP contribution in [0.4, 0.5) is 5.69 Å². The molecule has 2 aromatic rings. The number of rotatable bonds is 7. The molecule has 0 fully saturated rings. The highest BCUT2D eigenvalue weighted by atomic mass is 32.2. The Bertz CT molecular complexity index is 1020. The van der Waals surface area contributed by atoms with Gasteiger partial charge in [0.1, 0.15) is 12.4 Å². The smallest absolute Gasteiger partial charge is 0.253 e. The third kappa shape index (κ3) is 4.62. The summed E-state index contributed by atoms with van der Waals surface area (Å²) in [5.74, 6) is 0.649. The predicted octanol–water partition coefficient (Wildman–Crippen LogP) is 3.23. The molecule has 1 aliphatic rings. The second kappa shape index (κ2) is 8.29. The van der Waals surface area contributed by atoms with Crippen LogP contribution in [-0.4, -0.2) is 45.2 Å². The van der Waals surface area contributed by atoms with Gasteiger partial charge in [-0.3, -0.25) is 9.10 Å². The molecule has 0 bridgehead atoms. The molecule has 0 spiro atoms. The van der Waals surface area contributed by atoms with Gasteiger partial charge in [-0.25, -0.2) is 8.42 Å². The Hall–Kier alpha value is -2.80. The number of sulfonamides is 1. The van der Waals surface area contributed by atoms with Crippen LogP contribution in [-0.2, 0) is 23.0 Å². The lowest BCUT2D eigenvalue weighted by Crippen LogP contribution is -2.34. The van der Waals surface area contributed by atoms with Crippen LogP contribution in [0.25, 0.3) is 0 Å². The van der Waals surface area contributed by atoms with E-state index in [2.05, 4.69) is 6.58 Å². The molecule has 7 heteroatoms. The Kier molecular flexibility index (Phi) is 5.98. The predicted molar refractivity (Wildman–Crippen MR) is 115 cm³/mol. The molecule has 1 aliphatic heterocycles. The first-order valence-corrected chi connectivity index (χ1v) is 11.3. The Morgan fingerprint density at radius 1 is 1.28 bits per heavy atom. The molecule has 0 saturated heterocycles. The van der Waals surface area contributed by atoms with Gasteiger partial charge in [-0.05, 0) is 54.8 Å². The van der Waals surface area contributed by atoms with Gasteiger partial charge in [-0.2, -0.15) is 0 Å². The minimum absolute atomic E-state index is 0.106. The summed E-state index contributed by atoms with van der Waals surface area (Å²) in [4.78, 5) is 14.5. The number of ether oxygens (including phenoxy) is 1. The van der Waals surface area contributed by atoms with E-state index in [4.69, 9.17) is 4.74 Å². The van der Waals surface area contributed by atoms with Crippen molar-refractivity contribution in [2.45, 2.75) is 25.9 Å². The van der Waals surface area contributed by atoms with Crippen molar-refractivity contribution in [3.63, 3.8) is 0 Å². The second-order valence-corrected chi connectivity index (χ2v) is 9.22. The fourth-order valence-corrected chi connectivity index (χ4v) is 4.92. The van der Waals surface area contributed by atoms with Crippen molar-refractivity contribution < 1.29 is 17.9 Å². The molecule has 1 unspecified atom stereocenters. The number of hydrogen-bond acceptors (Lipinski definition) is 4. The summed E-state index contributed by atoms with van der Waals surface area (Å²) in [5, 5.41) is 0. The van der Waals surface area contributed by atoms with Crippen molar-refractivity contribution in [1.82, 2.24) is 4.90 Å². The Balaban J connectivity index is 1.72. The summed E-state index contributed by atoms with van der Waals surface area (Å²) in [6, 6.07) is 12.7. The lowest BCUT2D eigenvalue weighted by atomic mass is 10.1. The third-order valence-corrected chi connectivity index (χ3v) is 6.17. The van der Waals surface area contributed by atoms with Crippen LogP contribution in [0.1, 0.15) is 28.4 Å². The molecule has 6 nitrogen and oxygen atoms in total. The van der Waals surface area contributed by atoms with Gasteiger partial charge in [0.05, 0.1) is 11.9 Å². The molecule has 29 heavy (non-hydrogen) atoms. The number of hydrogen-bond donors (Lipinski definition) is 0. The van der Waals surface area contributed by atoms with E-state index in [0.29, 0.717) is 30.8 Å². The zero-order valence-electron chi connectivity index (χ0n) is 17.0. The van der Waals surface area contributed by atoms with Crippen molar-refractivity contribution in [3.05, 3.63) is 71.8 Å². The Labute approximate surface area is 172 Å². The van der Waals surface area contributed by atoms with Crippen LogP contribution in [0.15, 0.2) is 55.1 Å². The summed E-state index contributed by atoms with van der Waals surface area (Å²) < 4.78 is 31.0. The van der Waals surface area contributed by atoms with Crippen LogP contribution < -0.4 is 9.04 Å². The molecule has 0 N–H and O–H groups in total. The van der Waals surface area contributed by atoms with Crippen molar-refractivity contribution in [3.8, 4) is 5.75 Å². The zero-order chi connectivity index (χ0) is 21.2. The minimum atomic E-state index is -3.34. The molecule has 0 radical (unpaired) electrons. The molecule has 1 atom stereocenters. The zero-order valence-corrected chi connectivity index (χ0v) is 17.8. The molecule has 0 saturated carbocycles. The van der Waals surface area contributed by atoms with Crippen LogP contribution in [0.5, 0.6) is 5.75 Å². The third-order valence-electron chi connectivity index (χ3n) is 4.89. The standard InChI is InChI=1S/C22H26N2O4S/c1-5-12-28-20-9-6-17(7-10-20)15-23(3)22(25)18-8-11-21-19(14-18)13-16(2)24(21)29(4,26)27/h5-11,14,16H,1,12-13,15H2,2-4H3. The van der Waals surface area contributed by atoms with Crippen molar-refractivity contribution in [2.24, 2.45) is 0 Å². The maximum absolute atomic E-state index is 12.9. The number of fused-ring (bicyclic) bond motifs is 1. The summed E-state index contributed by atoms with van der Waals surface area (Å²) in [6.07, 6.45) is 3.49. The van der Waals surface area contributed by atoms with Gasteiger partial charge in [-0.1, -0.05) is 24.8 Å². The van der Waals surface area contributed by atoms with Gasteiger partial charge in [0.25, 0.3) is 5.91 Å². The molecule has 1 amide bonds. The molecular formula is C22H26N2O4S. The highest BCUT2D eigenvalue weighted by Gasteiger charge is 2.33. The van der Waals surface area contributed by atoms with Gasteiger partial charge < -0.3 is 9.64 Å². The summed E-state index contributed by atoms with van der Waals surface area (Å²) in [7, 11) is -1.59. The Morgan fingerprint density at radius 2 is 1.97 bits per heavy atom. The first-order valence-electron chi connectivity index (χ1n) is 9.41. The molecule has 154 valence electrons. The van der Waals surface area contributed by atoms with E-state index in [0.717, 1.165) is 16.9 Å². The van der Waals surface area contributed by atoms with E-state index in [-0.39, 0.29) is 11.9 Å². The minimum Gasteiger partial charge on any atom is -0.490 e. The number of nitrogens with zero attached hydrogens (tertiary/aromatic N) is 2. The van der Waals surface area contributed by atoms with E-state index in [9.17, 15) is 13.2 Å². The molecule has 3 rings (SSSR count). The van der Waals surface area contributed by atoms with E-state index in [1.807, 2.05) is 37.3 Å². The topological polar surface area (TPSA) is 66.9 Å². The molecule has 0 aromatic heterocycles. The summed E-state index contributed by atoms with van der Waals surface area (Å²) in [6.45, 7) is 6.40. The fourth-order valence-electron chi connectivity index (χ4n) is 3.65. The first kappa shape index (κ1) is 20.9. The van der Waals surface area contributed by atoms with Crippen LogP contribution >= 0.6 is 0 Å². The number of amides is 1. The largest absolute Gasteiger partial charge is 0.490 e. The molecule has 0 aliphatic carbocycles. The van der Waals surface area contributed by atoms with Gasteiger partial charge >= 0.3 is 0 Å². The highest BCUT2D eigenvalue weighted by Crippen LogP contribution is 2.34. The van der Waals surface area contributed by atoms with Crippen molar-refractivity contribution in [1.29, 1.82) is 0 Å². The number of anilines is 1. The van der Waals surface area contributed by atoms with Crippen molar-refractivity contribution >= 4 is 21.6 Å². The van der Waals surface area contributed by atoms with E-state index in [1.165, 1.54) is 10.6 Å². The average Bonchev–Trinajstić information content (AvgIpc) is 3.01. The molecule has 1 heterocycles.